The van der Waals surface area contributed by atoms with Crippen LogP contribution >= 0.6 is 0 Å². The van der Waals surface area contributed by atoms with Crippen LogP contribution in [0.5, 0.6) is 0 Å². The summed E-state index contributed by atoms with van der Waals surface area (Å²) in [7, 11) is 0. The molecule has 0 aromatic carbocycles. The van der Waals surface area contributed by atoms with Crippen molar-refractivity contribution in [2.75, 3.05) is 6.54 Å². The summed E-state index contributed by atoms with van der Waals surface area (Å²) in [5.41, 5.74) is 5.76. The highest BCUT2D eigenvalue weighted by molar-refractivity contribution is 4.88. The average Bonchev–Trinajstić information content (AvgIpc) is 2.58. The van der Waals surface area contributed by atoms with E-state index in [9.17, 15) is 0 Å². The summed E-state index contributed by atoms with van der Waals surface area (Å²) in [6.07, 6.45) is 8.79. The monoisotopic (exact) mass is 181 g/mol. The van der Waals surface area contributed by atoms with Crippen molar-refractivity contribution in [2.24, 2.45) is 29.4 Å². The Bertz CT molecular complexity index is 165. The van der Waals surface area contributed by atoms with Crippen molar-refractivity contribution in [1.29, 1.82) is 0 Å². The molecule has 2 saturated carbocycles. The van der Waals surface area contributed by atoms with Crippen molar-refractivity contribution in [3.8, 4) is 0 Å². The van der Waals surface area contributed by atoms with Gasteiger partial charge in [-0.25, -0.2) is 0 Å². The van der Waals surface area contributed by atoms with Gasteiger partial charge in [0.2, 0.25) is 0 Å². The molecule has 0 saturated heterocycles. The van der Waals surface area contributed by atoms with Crippen LogP contribution in [0.15, 0.2) is 0 Å². The van der Waals surface area contributed by atoms with Crippen LogP contribution in [0.25, 0.3) is 0 Å². The molecule has 1 nitrogen and oxygen atoms in total. The molecule has 1 heteroatoms. The second kappa shape index (κ2) is 4.00. The third-order valence-electron chi connectivity index (χ3n) is 4.43. The Balaban J connectivity index is 1.90. The molecule has 2 aliphatic rings. The minimum Gasteiger partial charge on any atom is -0.330 e. The van der Waals surface area contributed by atoms with Gasteiger partial charge in [-0.15, -0.1) is 0 Å². The third kappa shape index (κ3) is 1.90. The van der Waals surface area contributed by atoms with Crippen molar-refractivity contribution in [1.82, 2.24) is 0 Å². The summed E-state index contributed by atoms with van der Waals surface area (Å²) in [5.74, 6) is 4.01. The smallest absolute Gasteiger partial charge is 0.00487 e. The second-order valence-corrected chi connectivity index (χ2v) is 5.18. The highest BCUT2D eigenvalue weighted by atomic mass is 14.6. The van der Waals surface area contributed by atoms with Gasteiger partial charge in [0, 0.05) is 0 Å². The molecule has 2 rings (SSSR count). The fourth-order valence-corrected chi connectivity index (χ4v) is 3.54. The second-order valence-electron chi connectivity index (χ2n) is 5.18. The number of nitrogens with two attached hydrogens (primary N) is 1. The first-order valence-electron chi connectivity index (χ1n) is 6.03. The predicted octanol–water partition coefficient (Wildman–Crippen LogP) is 2.80. The van der Waals surface area contributed by atoms with Crippen molar-refractivity contribution >= 4 is 0 Å². The molecule has 2 N–H and O–H groups in total. The lowest BCUT2D eigenvalue weighted by Crippen LogP contribution is -2.19. The van der Waals surface area contributed by atoms with Gasteiger partial charge >= 0.3 is 0 Å². The van der Waals surface area contributed by atoms with E-state index in [1.165, 1.54) is 38.5 Å². The molecular formula is C12H23N. The molecule has 4 unspecified atom stereocenters. The standard InChI is InChI=1S/C12H23N/c1-2-9-3-4-11-6-10(8-13)7-12(11)5-9/h9-12H,2-8,13H2,1H3. The molecule has 0 spiro atoms. The summed E-state index contributed by atoms with van der Waals surface area (Å²) in [6, 6.07) is 0. The molecule has 4 atom stereocenters. The first-order chi connectivity index (χ1) is 6.33. The summed E-state index contributed by atoms with van der Waals surface area (Å²) < 4.78 is 0. The van der Waals surface area contributed by atoms with E-state index >= 15 is 0 Å². The van der Waals surface area contributed by atoms with Gasteiger partial charge in [-0.3, -0.25) is 0 Å². The number of fused-ring (bicyclic) bond motifs is 1. The van der Waals surface area contributed by atoms with Crippen LogP contribution in [-0.4, -0.2) is 6.54 Å². The molecule has 0 aliphatic heterocycles. The van der Waals surface area contributed by atoms with E-state index in [2.05, 4.69) is 6.92 Å². The highest BCUT2D eigenvalue weighted by Gasteiger charge is 2.37. The van der Waals surface area contributed by atoms with Crippen LogP contribution in [0.4, 0.5) is 0 Å². The van der Waals surface area contributed by atoms with E-state index < -0.39 is 0 Å². The average molecular weight is 181 g/mol. The summed E-state index contributed by atoms with van der Waals surface area (Å²) in [4.78, 5) is 0. The molecule has 76 valence electrons. The zero-order valence-corrected chi connectivity index (χ0v) is 8.84. The van der Waals surface area contributed by atoms with Crippen molar-refractivity contribution < 1.29 is 0 Å². The number of rotatable bonds is 2. The lowest BCUT2D eigenvalue weighted by molar-refractivity contribution is 0.204. The van der Waals surface area contributed by atoms with Gasteiger partial charge in [0.25, 0.3) is 0 Å². The Morgan fingerprint density at radius 2 is 1.69 bits per heavy atom. The molecule has 0 aromatic rings. The maximum Gasteiger partial charge on any atom is -0.00487 e. The Morgan fingerprint density at radius 3 is 2.38 bits per heavy atom. The molecule has 0 aromatic heterocycles. The Kier molecular flexibility index (Phi) is 2.92. The van der Waals surface area contributed by atoms with Crippen molar-refractivity contribution in [3.05, 3.63) is 0 Å². The fraction of sp³-hybridized carbons (Fsp3) is 1.00. The molecule has 0 heterocycles. The maximum absolute atomic E-state index is 5.76. The van der Waals surface area contributed by atoms with Gasteiger partial charge in [0.1, 0.15) is 0 Å². The van der Waals surface area contributed by atoms with Gasteiger partial charge in [0.05, 0.1) is 0 Å². The van der Waals surface area contributed by atoms with E-state index in [-0.39, 0.29) is 0 Å². The number of hydrogen-bond acceptors (Lipinski definition) is 1. The van der Waals surface area contributed by atoms with E-state index in [0.717, 1.165) is 30.2 Å². The van der Waals surface area contributed by atoms with E-state index in [0.29, 0.717) is 0 Å². The van der Waals surface area contributed by atoms with Crippen LogP contribution in [0.1, 0.15) is 45.4 Å². The lowest BCUT2D eigenvalue weighted by atomic mass is 9.75. The Hall–Kier alpha value is -0.0400. The normalized spacial score (nSPS) is 44.8. The molecular weight excluding hydrogens is 158 g/mol. The molecule has 0 radical (unpaired) electrons. The molecule has 0 bridgehead atoms. The van der Waals surface area contributed by atoms with Gasteiger partial charge in [-0.05, 0) is 55.9 Å². The van der Waals surface area contributed by atoms with Crippen molar-refractivity contribution in [2.45, 2.75) is 45.4 Å². The van der Waals surface area contributed by atoms with E-state index in [1.807, 2.05) is 0 Å². The van der Waals surface area contributed by atoms with E-state index in [1.54, 1.807) is 0 Å². The minimum absolute atomic E-state index is 0.866. The quantitative estimate of drug-likeness (QED) is 0.696. The molecule has 0 amide bonds. The summed E-state index contributed by atoms with van der Waals surface area (Å²) in [6.45, 7) is 3.28. The maximum atomic E-state index is 5.76. The van der Waals surface area contributed by atoms with Crippen LogP contribution in [0.3, 0.4) is 0 Å². The minimum atomic E-state index is 0.866. The predicted molar refractivity (Wildman–Crippen MR) is 56.4 cm³/mol. The molecule has 2 fully saturated rings. The molecule has 13 heavy (non-hydrogen) atoms. The Morgan fingerprint density at radius 1 is 1.00 bits per heavy atom. The summed E-state index contributed by atoms with van der Waals surface area (Å²) in [5, 5.41) is 0. The van der Waals surface area contributed by atoms with Gasteiger partial charge in [-0.2, -0.15) is 0 Å². The van der Waals surface area contributed by atoms with Crippen molar-refractivity contribution in [3.63, 3.8) is 0 Å². The fourth-order valence-electron chi connectivity index (χ4n) is 3.54. The SMILES string of the molecule is CCC1CCC2CC(CN)CC2C1. The summed E-state index contributed by atoms with van der Waals surface area (Å²) >= 11 is 0. The van der Waals surface area contributed by atoms with E-state index in [4.69, 9.17) is 5.73 Å². The zero-order valence-electron chi connectivity index (χ0n) is 8.84. The highest BCUT2D eigenvalue weighted by Crippen LogP contribution is 2.47. The van der Waals surface area contributed by atoms with Crippen LogP contribution in [-0.2, 0) is 0 Å². The van der Waals surface area contributed by atoms with Crippen LogP contribution < -0.4 is 5.73 Å². The first kappa shape index (κ1) is 9.51. The topological polar surface area (TPSA) is 26.0 Å². The van der Waals surface area contributed by atoms with Gasteiger partial charge in [0.15, 0.2) is 0 Å². The lowest BCUT2D eigenvalue weighted by Gasteiger charge is -2.31. The van der Waals surface area contributed by atoms with Gasteiger partial charge in [-0.1, -0.05) is 19.8 Å². The van der Waals surface area contributed by atoms with Crippen LogP contribution in [0, 0.1) is 23.7 Å². The van der Waals surface area contributed by atoms with Gasteiger partial charge < -0.3 is 5.73 Å². The zero-order chi connectivity index (χ0) is 9.26. The Labute approximate surface area is 82.1 Å². The largest absolute Gasteiger partial charge is 0.330 e. The molecule has 2 aliphatic carbocycles. The number of hydrogen-bond donors (Lipinski definition) is 1. The third-order valence-corrected chi connectivity index (χ3v) is 4.43. The first-order valence-corrected chi connectivity index (χ1v) is 6.03. The van der Waals surface area contributed by atoms with Crippen LogP contribution in [0.2, 0.25) is 0 Å².